The van der Waals surface area contributed by atoms with E-state index in [0.29, 0.717) is 0 Å². The average molecular weight is 132 g/mol. The van der Waals surface area contributed by atoms with Gasteiger partial charge in [-0.3, -0.25) is 0 Å². The van der Waals surface area contributed by atoms with Gasteiger partial charge >= 0.3 is 0 Å². The highest BCUT2D eigenvalue weighted by Gasteiger charge is 2.09. The van der Waals surface area contributed by atoms with Crippen LogP contribution in [0, 0.1) is 0 Å². The number of hydrogen-bond acceptors (Lipinski definition) is 1. The summed E-state index contributed by atoms with van der Waals surface area (Å²) in [5.41, 5.74) is 0. The van der Waals surface area contributed by atoms with Crippen LogP contribution < -0.4 is 0 Å². The van der Waals surface area contributed by atoms with E-state index in [2.05, 4.69) is 21.0 Å². The van der Waals surface area contributed by atoms with Gasteiger partial charge in [0.05, 0.1) is 20.6 Å². The van der Waals surface area contributed by atoms with Gasteiger partial charge in [0, 0.05) is 6.61 Å². The van der Waals surface area contributed by atoms with Crippen LogP contribution in [-0.2, 0) is 4.74 Å². The molecular formula is C7H18NO+. The Hall–Kier alpha value is -0.0800. The largest absolute Gasteiger partial charge is 0.332 e. The first-order valence-electron chi connectivity index (χ1n) is 3.52. The van der Waals surface area contributed by atoms with Crippen LogP contribution in [0.3, 0.4) is 0 Å². The van der Waals surface area contributed by atoms with Crippen LogP contribution in [0.2, 0.25) is 0 Å². The van der Waals surface area contributed by atoms with E-state index in [0.717, 1.165) is 24.4 Å². The second-order valence-electron chi connectivity index (χ2n) is 2.87. The highest BCUT2D eigenvalue weighted by atomic mass is 16.5. The van der Waals surface area contributed by atoms with Gasteiger partial charge in [0.1, 0.15) is 0 Å². The standard InChI is InChI=1S/C7H18NO/c1-5-8(3,4)7-9-6-2/h5-7H2,1-4H3/q+1. The fraction of sp³-hybridized carbons (Fsp3) is 1.00. The van der Waals surface area contributed by atoms with E-state index in [1.54, 1.807) is 0 Å². The minimum Gasteiger partial charge on any atom is -0.332 e. The first-order valence-corrected chi connectivity index (χ1v) is 3.52. The summed E-state index contributed by atoms with van der Waals surface area (Å²) >= 11 is 0. The van der Waals surface area contributed by atoms with Gasteiger partial charge in [0.15, 0.2) is 6.73 Å². The number of ether oxygens (including phenoxy) is 1. The molecule has 0 aliphatic heterocycles. The zero-order valence-electron chi connectivity index (χ0n) is 6.98. The van der Waals surface area contributed by atoms with Gasteiger partial charge in [-0.05, 0) is 13.8 Å². The highest BCUT2D eigenvalue weighted by Crippen LogP contribution is 1.94. The Morgan fingerprint density at radius 3 is 2.11 bits per heavy atom. The van der Waals surface area contributed by atoms with Crippen molar-refractivity contribution in [3.8, 4) is 0 Å². The fourth-order valence-electron chi connectivity index (χ4n) is 0.430. The molecule has 0 radical (unpaired) electrons. The normalized spacial score (nSPS) is 12.0. The summed E-state index contributed by atoms with van der Waals surface area (Å²) in [7, 11) is 4.32. The molecule has 0 unspecified atom stereocenters. The molecule has 0 aromatic heterocycles. The Kier molecular flexibility index (Phi) is 3.82. The molecule has 0 aliphatic rings. The fourth-order valence-corrected chi connectivity index (χ4v) is 0.430. The third kappa shape index (κ3) is 4.43. The molecule has 0 N–H and O–H groups in total. The van der Waals surface area contributed by atoms with E-state index in [1.807, 2.05) is 6.92 Å². The molecule has 0 spiro atoms. The molecule has 0 rings (SSSR count). The van der Waals surface area contributed by atoms with E-state index >= 15 is 0 Å². The molecule has 0 saturated carbocycles. The molecule has 56 valence electrons. The Bertz CT molecular complexity index is 71.3. The lowest BCUT2D eigenvalue weighted by molar-refractivity contribution is -0.907. The van der Waals surface area contributed by atoms with Crippen molar-refractivity contribution in [3.63, 3.8) is 0 Å². The molecule has 0 atom stereocenters. The van der Waals surface area contributed by atoms with Crippen LogP contribution in [0.25, 0.3) is 0 Å². The predicted octanol–water partition coefficient (Wildman–Crippen LogP) is 1.08. The Balaban J connectivity index is 3.33. The monoisotopic (exact) mass is 132 g/mol. The first kappa shape index (κ1) is 8.92. The predicted molar refractivity (Wildman–Crippen MR) is 39.1 cm³/mol. The van der Waals surface area contributed by atoms with Crippen LogP contribution in [0.5, 0.6) is 0 Å². The van der Waals surface area contributed by atoms with E-state index in [9.17, 15) is 0 Å². The van der Waals surface area contributed by atoms with Crippen molar-refractivity contribution in [2.75, 3.05) is 34.0 Å². The Morgan fingerprint density at radius 2 is 1.78 bits per heavy atom. The number of quaternary nitrogens is 1. The summed E-state index contributed by atoms with van der Waals surface area (Å²) in [5, 5.41) is 0. The van der Waals surface area contributed by atoms with Crippen molar-refractivity contribution < 1.29 is 9.22 Å². The molecule has 2 heteroatoms. The molecule has 0 saturated heterocycles. The zero-order valence-corrected chi connectivity index (χ0v) is 6.98. The van der Waals surface area contributed by atoms with Crippen molar-refractivity contribution in [2.24, 2.45) is 0 Å². The van der Waals surface area contributed by atoms with Crippen molar-refractivity contribution in [1.29, 1.82) is 0 Å². The van der Waals surface area contributed by atoms with Crippen molar-refractivity contribution in [2.45, 2.75) is 13.8 Å². The lowest BCUT2D eigenvalue weighted by Gasteiger charge is -2.26. The Labute approximate surface area is 58.0 Å². The molecule has 0 heterocycles. The Morgan fingerprint density at radius 1 is 1.22 bits per heavy atom. The summed E-state index contributed by atoms with van der Waals surface area (Å²) in [6.07, 6.45) is 0. The zero-order chi connectivity index (χ0) is 7.33. The summed E-state index contributed by atoms with van der Waals surface area (Å²) < 4.78 is 6.21. The van der Waals surface area contributed by atoms with Crippen molar-refractivity contribution in [3.05, 3.63) is 0 Å². The maximum Gasteiger partial charge on any atom is 0.182 e. The number of rotatable bonds is 4. The second-order valence-corrected chi connectivity index (χ2v) is 2.87. The van der Waals surface area contributed by atoms with Gasteiger partial charge in [-0.25, -0.2) is 0 Å². The highest BCUT2D eigenvalue weighted by molar-refractivity contribution is 4.16. The maximum absolute atomic E-state index is 5.26. The average Bonchev–Trinajstić information content (AvgIpc) is 1.84. The van der Waals surface area contributed by atoms with Gasteiger partial charge < -0.3 is 9.22 Å². The van der Waals surface area contributed by atoms with E-state index < -0.39 is 0 Å². The minimum absolute atomic E-state index is 0.821. The summed E-state index contributed by atoms with van der Waals surface area (Å²) in [4.78, 5) is 0. The lowest BCUT2D eigenvalue weighted by Crippen LogP contribution is -2.41. The topological polar surface area (TPSA) is 9.23 Å². The molecule has 0 aliphatic carbocycles. The summed E-state index contributed by atoms with van der Waals surface area (Å²) in [6, 6.07) is 0. The van der Waals surface area contributed by atoms with Gasteiger partial charge in [0.25, 0.3) is 0 Å². The minimum atomic E-state index is 0.821. The second kappa shape index (κ2) is 3.85. The van der Waals surface area contributed by atoms with Gasteiger partial charge in [-0.1, -0.05) is 0 Å². The summed E-state index contributed by atoms with van der Waals surface area (Å²) in [5.74, 6) is 0. The third-order valence-electron chi connectivity index (χ3n) is 1.50. The molecule has 0 amide bonds. The lowest BCUT2D eigenvalue weighted by atomic mass is 10.5. The number of hydrogen-bond donors (Lipinski definition) is 0. The molecular weight excluding hydrogens is 114 g/mol. The summed E-state index contributed by atoms with van der Waals surface area (Å²) in [6.45, 7) is 6.96. The van der Waals surface area contributed by atoms with E-state index in [-0.39, 0.29) is 0 Å². The van der Waals surface area contributed by atoms with Gasteiger partial charge in [0.2, 0.25) is 0 Å². The molecule has 0 aromatic carbocycles. The van der Waals surface area contributed by atoms with Crippen molar-refractivity contribution in [1.82, 2.24) is 0 Å². The molecule has 0 aromatic rings. The smallest absolute Gasteiger partial charge is 0.182 e. The van der Waals surface area contributed by atoms with Gasteiger partial charge in [-0.2, -0.15) is 0 Å². The van der Waals surface area contributed by atoms with Crippen LogP contribution in [0.4, 0.5) is 0 Å². The molecule has 9 heavy (non-hydrogen) atoms. The molecule has 2 nitrogen and oxygen atoms in total. The van der Waals surface area contributed by atoms with Crippen LogP contribution in [-0.4, -0.2) is 38.5 Å². The van der Waals surface area contributed by atoms with E-state index in [1.165, 1.54) is 0 Å². The van der Waals surface area contributed by atoms with E-state index in [4.69, 9.17) is 4.74 Å². The van der Waals surface area contributed by atoms with Crippen LogP contribution in [0.1, 0.15) is 13.8 Å². The van der Waals surface area contributed by atoms with Crippen LogP contribution >= 0.6 is 0 Å². The SMILES string of the molecule is CCOC[N+](C)(C)CC. The quantitative estimate of drug-likeness (QED) is 0.411. The molecule has 0 bridgehead atoms. The number of nitrogens with zero attached hydrogens (tertiary/aromatic N) is 1. The third-order valence-corrected chi connectivity index (χ3v) is 1.50. The molecule has 0 fully saturated rings. The van der Waals surface area contributed by atoms with Gasteiger partial charge in [-0.15, -0.1) is 0 Å². The van der Waals surface area contributed by atoms with Crippen LogP contribution in [0.15, 0.2) is 0 Å². The van der Waals surface area contributed by atoms with Crippen molar-refractivity contribution >= 4 is 0 Å². The maximum atomic E-state index is 5.26. The first-order chi connectivity index (χ1) is 4.12.